The fourth-order valence-electron chi connectivity index (χ4n) is 2.80. The summed E-state index contributed by atoms with van der Waals surface area (Å²) >= 11 is 0. The van der Waals surface area contributed by atoms with Crippen molar-refractivity contribution in [3.05, 3.63) is 17.5 Å². The summed E-state index contributed by atoms with van der Waals surface area (Å²) in [5.41, 5.74) is 0. The molecule has 7 heterocycles. The summed E-state index contributed by atoms with van der Waals surface area (Å²) in [7, 11) is 1.57. The van der Waals surface area contributed by atoms with E-state index in [0.29, 0.717) is 24.6 Å². The number of rotatable bonds is 2. The molecule has 29 heteroatoms. The molecule has 3 aliphatic heterocycles. The third kappa shape index (κ3) is 19.5. The number of hydrogen-bond donors (Lipinski definition) is 8. The van der Waals surface area contributed by atoms with Gasteiger partial charge in [-0.15, -0.1) is 35.7 Å². The number of aryl methyl sites for hydroxylation is 2. The molecule has 2 fully saturated rings. The van der Waals surface area contributed by atoms with Crippen molar-refractivity contribution in [2.24, 2.45) is 10.9 Å². The number of aromatic nitrogens is 16. The van der Waals surface area contributed by atoms with Gasteiger partial charge in [0.25, 0.3) is 5.95 Å². The first-order chi connectivity index (χ1) is 24.6. The maximum Gasteiger partial charge on any atom is 0.324 e. The monoisotopic (exact) mass is 732 g/mol. The number of nitrogens with zero attached hydrogens (tertiary/aromatic N) is 14. The summed E-state index contributed by atoms with van der Waals surface area (Å²) in [5, 5.41) is 59.2. The second-order valence-electron chi connectivity index (χ2n) is 9.80. The lowest BCUT2D eigenvalue weighted by Crippen LogP contribution is -2.24. The number of tetrazole rings is 4. The zero-order chi connectivity index (χ0) is 39.1. The summed E-state index contributed by atoms with van der Waals surface area (Å²) < 4.78 is 0. The van der Waals surface area contributed by atoms with Crippen LogP contribution < -0.4 is 21.3 Å². The molecule has 0 spiro atoms. The van der Waals surface area contributed by atoms with Crippen LogP contribution in [-0.2, 0) is 24.0 Å². The van der Waals surface area contributed by atoms with Gasteiger partial charge in [0.15, 0.2) is 11.6 Å². The summed E-state index contributed by atoms with van der Waals surface area (Å²) in [5.74, 6) is 1.38. The molecule has 0 aromatic carbocycles. The number of carbonyl (C=O) groups excluding carboxylic acids is 7. The van der Waals surface area contributed by atoms with Gasteiger partial charge >= 0.3 is 6.03 Å². The predicted molar refractivity (Wildman–Crippen MR) is 170 cm³/mol. The molecule has 8 N–H and O–H groups in total. The highest BCUT2D eigenvalue weighted by Crippen LogP contribution is 2.07. The zero-order valence-electron chi connectivity index (χ0n) is 28.8. The van der Waals surface area contributed by atoms with Crippen LogP contribution in [0.1, 0.15) is 56.4 Å². The number of aromatic amines is 4. The Hall–Kier alpha value is -7.36. The first kappa shape index (κ1) is 42.7. The Morgan fingerprint density at radius 3 is 1.46 bits per heavy atom. The highest BCUT2D eigenvalue weighted by atomic mass is 16.2. The number of anilines is 1. The molecule has 7 amide bonds. The van der Waals surface area contributed by atoms with Crippen LogP contribution in [0.2, 0.25) is 0 Å². The quantitative estimate of drug-likeness (QED) is 0.0552. The molecule has 4 aromatic heterocycles. The van der Waals surface area contributed by atoms with Crippen LogP contribution in [0.5, 0.6) is 0 Å². The smallest absolute Gasteiger partial charge is 0.318 e. The van der Waals surface area contributed by atoms with Gasteiger partial charge in [-0.1, -0.05) is 22.4 Å². The van der Waals surface area contributed by atoms with Crippen molar-refractivity contribution in [3.8, 4) is 0 Å². The summed E-state index contributed by atoms with van der Waals surface area (Å²) in [6, 6.07) is -0.310. The van der Waals surface area contributed by atoms with E-state index in [9.17, 15) is 33.6 Å². The van der Waals surface area contributed by atoms with Crippen LogP contribution in [0, 0.1) is 19.8 Å². The van der Waals surface area contributed by atoms with E-state index < -0.39 is 0 Å². The number of amides is 7. The van der Waals surface area contributed by atoms with E-state index in [1.54, 1.807) is 34.7 Å². The molecule has 1 atom stereocenters. The van der Waals surface area contributed by atoms with E-state index in [1.807, 2.05) is 0 Å². The minimum absolute atomic E-state index is 0.00231. The lowest BCUT2D eigenvalue weighted by atomic mass is 10.1. The summed E-state index contributed by atoms with van der Waals surface area (Å²) in [6.07, 6.45) is 0.360. The van der Waals surface area contributed by atoms with Gasteiger partial charge in [-0.05, 0) is 31.2 Å². The topological polar surface area (TPSA) is 401 Å². The third-order valence-corrected chi connectivity index (χ3v) is 5.15. The van der Waals surface area contributed by atoms with Crippen molar-refractivity contribution in [3.63, 3.8) is 0 Å². The maximum atomic E-state index is 10.5. The lowest BCUT2D eigenvalue weighted by Gasteiger charge is -1.99. The van der Waals surface area contributed by atoms with Crippen molar-refractivity contribution < 1.29 is 33.6 Å². The molecule has 7 rings (SSSR count). The number of nitrogens with one attached hydrogen (secondary N) is 8. The molecule has 52 heavy (non-hydrogen) atoms. The van der Waals surface area contributed by atoms with E-state index in [-0.39, 0.29) is 65.6 Å². The molecule has 3 aliphatic rings. The Labute approximate surface area is 292 Å². The van der Waals surface area contributed by atoms with Crippen molar-refractivity contribution in [1.29, 1.82) is 0 Å². The number of Topliss-reactive ketones (excluding diaryl/α,β-unsaturated/α-hetero) is 1. The molecule has 280 valence electrons. The number of ketones is 1. The van der Waals surface area contributed by atoms with Crippen LogP contribution in [-0.4, -0.2) is 155 Å². The normalized spacial score (nSPS) is 14.9. The van der Waals surface area contributed by atoms with E-state index in [4.69, 9.17) is 0 Å². The van der Waals surface area contributed by atoms with Gasteiger partial charge in [0.2, 0.25) is 41.1 Å². The highest BCUT2D eigenvalue weighted by Gasteiger charge is 2.25. The van der Waals surface area contributed by atoms with Crippen molar-refractivity contribution in [1.82, 2.24) is 103 Å². The molecular weight excluding hydrogens is 696 g/mol. The van der Waals surface area contributed by atoms with Crippen molar-refractivity contribution in [2.45, 2.75) is 48.0 Å². The number of aliphatic imine (C=N–C) groups is 1. The molecule has 0 bridgehead atoms. The Morgan fingerprint density at radius 1 is 0.712 bits per heavy atom. The Balaban J connectivity index is 0.000000305. The molecule has 0 radical (unpaired) electrons. The standard InChI is InChI=1S/C5H7NO2.C4H6N2O2.C4H6N2O.C3H5N5O.C3H4N4O.2C2H4N4/c1-3-2-4(7)6-5(3)8;1-6-2-3(7)5-4(6)8;1-3-5-2-4(7)6-3;1-2(9)4-3-5-7-8-6-3;1-2(8)3-4-6-7-5-3;2*1-2-3-5-6-4-2/h3H,2H2,1H3,(H,6,7,8);2H2,1H3,(H,5,7,8);2H2,1H3,(H,5,6,7);1H3,(H2,4,5,6,7,8,9);1H3,(H,4,5,6,7);2*1H3,(H,3,4,5,6). The average Bonchev–Trinajstić information content (AvgIpc) is 3.91. The summed E-state index contributed by atoms with van der Waals surface area (Å²) in [4.78, 5) is 77.4. The van der Waals surface area contributed by atoms with Crippen molar-refractivity contribution in [2.75, 3.05) is 25.5 Å². The van der Waals surface area contributed by atoms with Crippen LogP contribution >= 0.6 is 0 Å². The highest BCUT2D eigenvalue weighted by molar-refractivity contribution is 6.03. The predicted octanol–water partition coefficient (Wildman–Crippen LogP) is -4.05. The zero-order valence-corrected chi connectivity index (χ0v) is 28.8. The first-order valence-electron chi connectivity index (χ1n) is 14.4. The van der Waals surface area contributed by atoms with Gasteiger partial charge in [-0.25, -0.2) is 4.79 Å². The molecule has 2 saturated heterocycles. The molecule has 0 aliphatic carbocycles. The Morgan fingerprint density at radius 2 is 1.27 bits per heavy atom. The molecule has 1 unspecified atom stereocenters. The Bertz CT molecular complexity index is 1650. The SMILES string of the molecule is CC(=O)Nc1nn[nH]n1.CC(=O)c1nn[nH]n1.CC1=NCC(=O)N1.CC1CC(=O)NC1=O.CN1CC(=O)NC1=O.Cc1nn[nH]n1.Cc1nn[nH]n1. The number of imide groups is 2. The number of likely N-dealkylation sites (N-methyl/N-ethyl adjacent to an activating group) is 1. The largest absolute Gasteiger partial charge is 0.324 e. The molecular formula is C23H36N22O7. The molecule has 29 nitrogen and oxygen atoms in total. The van der Waals surface area contributed by atoms with Crippen molar-refractivity contribution >= 4 is 53.1 Å². The second-order valence-corrected chi connectivity index (χ2v) is 9.80. The van der Waals surface area contributed by atoms with Gasteiger partial charge in [0, 0.05) is 33.2 Å². The minimum atomic E-state index is -0.310. The maximum absolute atomic E-state index is 10.5. The average molecular weight is 733 g/mol. The first-order valence-corrected chi connectivity index (χ1v) is 14.4. The van der Waals surface area contributed by atoms with E-state index in [1.165, 1.54) is 18.7 Å². The van der Waals surface area contributed by atoms with Gasteiger partial charge < -0.3 is 10.2 Å². The van der Waals surface area contributed by atoms with Crippen LogP contribution in [0.25, 0.3) is 0 Å². The Kier molecular flexibility index (Phi) is 18.9. The third-order valence-electron chi connectivity index (χ3n) is 5.15. The minimum Gasteiger partial charge on any atom is -0.318 e. The summed E-state index contributed by atoms with van der Waals surface area (Å²) in [6.45, 7) is 10.3. The second kappa shape index (κ2) is 23.1. The van der Waals surface area contributed by atoms with E-state index >= 15 is 0 Å². The fourth-order valence-corrected chi connectivity index (χ4v) is 2.80. The van der Waals surface area contributed by atoms with Gasteiger partial charge in [0.1, 0.15) is 18.9 Å². The number of urea groups is 1. The lowest BCUT2D eigenvalue weighted by molar-refractivity contribution is -0.126. The number of H-pyrrole nitrogens is 4. The molecule has 0 saturated carbocycles. The molecule has 4 aromatic rings. The van der Waals surface area contributed by atoms with Gasteiger partial charge in [0.05, 0.1) is 0 Å². The van der Waals surface area contributed by atoms with Crippen LogP contribution in [0.3, 0.4) is 0 Å². The van der Waals surface area contributed by atoms with E-state index in [2.05, 4.69) is 109 Å². The number of carbonyl (C=O) groups is 7. The van der Waals surface area contributed by atoms with Gasteiger partial charge in [-0.2, -0.15) is 20.9 Å². The van der Waals surface area contributed by atoms with Gasteiger partial charge in [-0.3, -0.25) is 49.7 Å². The number of amidine groups is 1. The number of hydrogen-bond acceptors (Lipinski definition) is 20. The van der Waals surface area contributed by atoms with Crippen LogP contribution in [0.4, 0.5) is 10.7 Å². The fraction of sp³-hybridized carbons (Fsp3) is 0.478. The van der Waals surface area contributed by atoms with E-state index in [0.717, 1.165) is 5.84 Å². The van der Waals surface area contributed by atoms with Crippen LogP contribution in [0.15, 0.2) is 4.99 Å².